The molecule has 138 valence electrons. The van der Waals surface area contributed by atoms with E-state index in [1.807, 2.05) is 19.9 Å². The lowest BCUT2D eigenvalue weighted by Crippen LogP contribution is -2.27. The van der Waals surface area contributed by atoms with Gasteiger partial charge >= 0.3 is 0 Å². The molecule has 6 nitrogen and oxygen atoms in total. The van der Waals surface area contributed by atoms with Gasteiger partial charge in [0.2, 0.25) is 0 Å². The fraction of sp³-hybridized carbons (Fsp3) is 0.300. The summed E-state index contributed by atoms with van der Waals surface area (Å²) in [6, 6.07) is 13.8. The molecule has 0 unspecified atom stereocenters. The second-order valence-corrected chi connectivity index (χ2v) is 6.17. The summed E-state index contributed by atoms with van der Waals surface area (Å²) in [6.45, 7) is 4.55. The molecule has 0 aliphatic heterocycles. The summed E-state index contributed by atoms with van der Waals surface area (Å²) in [6.07, 6.45) is 0. The first-order chi connectivity index (χ1) is 12.5. The first-order valence-electron chi connectivity index (χ1n) is 8.43. The molecule has 2 N–H and O–H groups in total. The number of para-hydroxylation sites is 2. The van der Waals surface area contributed by atoms with Crippen molar-refractivity contribution >= 4 is 17.5 Å². The van der Waals surface area contributed by atoms with Crippen molar-refractivity contribution in [1.82, 2.24) is 5.32 Å². The Labute approximate surface area is 153 Å². The minimum Gasteiger partial charge on any atom is -0.493 e. The Morgan fingerprint density at radius 2 is 1.65 bits per heavy atom. The maximum Gasteiger partial charge on any atom is 0.262 e. The van der Waals surface area contributed by atoms with Gasteiger partial charge in [0.05, 0.1) is 7.11 Å². The summed E-state index contributed by atoms with van der Waals surface area (Å²) in [5.41, 5.74) is 1.15. The Kier molecular flexibility index (Phi) is 7.02. The Morgan fingerprint density at radius 3 is 2.27 bits per heavy atom. The fourth-order valence-corrected chi connectivity index (χ4v) is 2.18. The number of hydrogen-bond donors (Lipinski definition) is 2. The summed E-state index contributed by atoms with van der Waals surface area (Å²) < 4.78 is 10.6. The molecule has 0 aliphatic carbocycles. The molecule has 0 spiro atoms. The maximum atomic E-state index is 12.0. The van der Waals surface area contributed by atoms with Crippen molar-refractivity contribution in [2.75, 3.05) is 25.6 Å². The first kappa shape index (κ1) is 19.3. The van der Waals surface area contributed by atoms with Crippen LogP contribution in [0, 0.1) is 5.92 Å². The van der Waals surface area contributed by atoms with E-state index in [1.165, 1.54) is 0 Å². The average Bonchev–Trinajstić information content (AvgIpc) is 2.65. The first-order valence-corrected chi connectivity index (χ1v) is 8.43. The van der Waals surface area contributed by atoms with E-state index in [0.717, 1.165) is 0 Å². The Balaban J connectivity index is 1.86. The molecule has 0 bridgehead atoms. The van der Waals surface area contributed by atoms with Crippen LogP contribution in [0.2, 0.25) is 0 Å². The van der Waals surface area contributed by atoms with Gasteiger partial charge in [-0.25, -0.2) is 0 Å². The van der Waals surface area contributed by atoms with Crippen molar-refractivity contribution in [3.8, 4) is 11.5 Å². The second-order valence-electron chi connectivity index (χ2n) is 6.17. The van der Waals surface area contributed by atoms with Gasteiger partial charge in [-0.05, 0) is 42.3 Å². The number of methoxy groups -OCH3 is 1. The van der Waals surface area contributed by atoms with Gasteiger partial charge in [0, 0.05) is 17.8 Å². The van der Waals surface area contributed by atoms with Crippen LogP contribution in [-0.2, 0) is 4.79 Å². The summed E-state index contributed by atoms with van der Waals surface area (Å²) in [5, 5.41) is 5.58. The third-order valence-electron chi connectivity index (χ3n) is 3.53. The highest BCUT2D eigenvalue weighted by atomic mass is 16.5. The van der Waals surface area contributed by atoms with Gasteiger partial charge in [-0.1, -0.05) is 26.0 Å². The van der Waals surface area contributed by atoms with E-state index in [0.29, 0.717) is 35.2 Å². The Hall–Kier alpha value is -3.02. The van der Waals surface area contributed by atoms with Gasteiger partial charge in [-0.3, -0.25) is 9.59 Å². The molecule has 0 saturated heterocycles. The van der Waals surface area contributed by atoms with Crippen molar-refractivity contribution in [3.05, 3.63) is 54.1 Å². The number of carbonyl (C=O) groups excluding carboxylic acids is 2. The molecule has 0 aliphatic rings. The molecule has 0 radical (unpaired) electrons. The van der Waals surface area contributed by atoms with Crippen molar-refractivity contribution in [3.63, 3.8) is 0 Å². The third-order valence-corrected chi connectivity index (χ3v) is 3.53. The number of nitrogens with one attached hydrogen (secondary N) is 2. The fourth-order valence-electron chi connectivity index (χ4n) is 2.18. The predicted octanol–water partition coefficient (Wildman–Crippen LogP) is 3.10. The van der Waals surface area contributed by atoms with Crippen molar-refractivity contribution < 1.29 is 19.1 Å². The standard InChI is InChI=1S/C20H24N2O4/c1-14(2)12-21-20(24)15-8-10-16(11-9-15)22-19(23)13-26-18-7-5-4-6-17(18)25-3/h4-11,14H,12-13H2,1-3H3,(H,21,24)(H,22,23). The monoisotopic (exact) mass is 356 g/mol. The molecule has 2 rings (SSSR count). The Bertz CT molecular complexity index is 742. The van der Waals surface area contributed by atoms with Crippen LogP contribution < -0.4 is 20.1 Å². The lowest BCUT2D eigenvalue weighted by molar-refractivity contribution is -0.118. The lowest BCUT2D eigenvalue weighted by Gasteiger charge is -2.11. The smallest absolute Gasteiger partial charge is 0.262 e. The van der Waals surface area contributed by atoms with Gasteiger partial charge in [-0.15, -0.1) is 0 Å². The van der Waals surface area contributed by atoms with Gasteiger partial charge in [0.15, 0.2) is 18.1 Å². The predicted molar refractivity (Wildman–Crippen MR) is 101 cm³/mol. The molecule has 0 saturated carbocycles. The number of ether oxygens (including phenoxy) is 2. The molecular weight excluding hydrogens is 332 g/mol. The zero-order chi connectivity index (χ0) is 18.9. The van der Waals surface area contributed by atoms with E-state index >= 15 is 0 Å². The van der Waals surface area contributed by atoms with Gasteiger partial charge < -0.3 is 20.1 Å². The highest BCUT2D eigenvalue weighted by molar-refractivity contribution is 5.96. The van der Waals surface area contributed by atoms with Crippen LogP contribution in [0.1, 0.15) is 24.2 Å². The van der Waals surface area contributed by atoms with E-state index in [2.05, 4.69) is 10.6 Å². The maximum absolute atomic E-state index is 12.0. The minimum absolute atomic E-state index is 0.129. The summed E-state index contributed by atoms with van der Waals surface area (Å²) in [7, 11) is 1.54. The zero-order valence-corrected chi connectivity index (χ0v) is 15.2. The van der Waals surface area contributed by atoms with Gasteiger partial charge in [0.1, 0.15) is 0 Å². The molecule has 2 amide bonds. The van der Waals surface area contributed by atoms with Crippen molar-refractivity contribution in [2.45, 2.75) is 13.8 Å². The molecule has 2 aromatic rings. The highest BCUT2D eigenvalue weighted by Crippen LogP contribution is 2.25. The van der Waals surface area contributed by atoms with Crippen LogP contribution in [0.15, 0.2) is 48.5 Å². The van der Waals surface area contributed by atoms with Crippen LogP contribution in [0.5, 0.6) is 11.5 Å². The van der Waals surface area contributed by atoms with Gasteiger partial charge in [-0.2, -0.15) is 0 Å². The largest absolute Gasteiger partial charge is 0.493 e. The van der Waals surface area contributed by atoms with E-state index in [9.17, 15) is 9.59 Å². The van der Waals surface area contributed by atoms with Crippen molar-refractivity contribution in [1.29, 1.82) is 0 Å². The summed E-state index contributed by atoms with van der Waals surface area (Å²) in [4.78, 5) is 24.0. The number of carbonyl (C=O) groups is 2. The van der Waals surface area contributed by atoms with Crippen LogP contribution >= 0.6 is 0 Å². The lowest BCUT2D eigenvalue weighted by atomic mass is 10.1. The minimum atomic E-state index is -0.298. The molecule has 6 heteroatoms. The molecular formula is C20H24N2O4. The van der Waals surface area contributed by atoms with Crippen LogP contribution in [0.3, 0.4) is 0 Å². The number of benzene rings is 2. The molecule has 0 heterocycles. The number of rotatable bonds is 8. The van der Waals surface area contributed by atoms with E-state index in [1.54, 1.807) is 49.6 Å². The third kappa shape index (κ3) is 5.81. The second kappa shape index (κ2) is 9.46. The molecule has 26 heavy (non-hydrogen) atoms. The number of amides is 2. The quantitative estimate of drug-likeness (QED) is 0.762. The van der Waals surface area contributed by atoms with E-state index < -0.39 is 0 Å². The number of anilines is 1. The molecule has 0 aromatic heterocycles. The topological polar surface area (TPSA) is 76.7 Å². The summed E-state index contributed by atoms with van der Waals surface area (Å²) in [5.74, 6) is 1.03. The molecule has 2 aromatic carbocycles. The van der Waals surface area contributed by atoms with Crippen molar-refractivity contribution in [2.24, 2.45) is 5.92 Å². The average molecular weight is 356 g/mol. The van der Waals surface area contributed by atoms with Crippen LogP contribution in [0.25, 0.3) is 0 Å². The normalized spacial score (nSPS) is 10.3. The number of hydrogen-bond acceptors (Lipinski definition) is 4. The van der Waals surface area contributed by atoms with Crippen LogP contribution in [-0.4, -0.2) is 32.1 Å². The highest BCUT2D eigenvalue weighted by Gasteiger charge is 2.09. The van der Waals surface area contributed by atoms with Crippen LogP contribution in [0.4, 0.5) is 5.69 Å². The Morgan fingerprint density at radius 1 is 1.00 bits per heavy atom. The van der Waals surface area contributed by atoms with E-state index in [-0.39, 0.29) is 18.4 Å². The SMILES string of the molecule is COc1ccccc1OCC(=O)Nc1ccc(C(=O)NCC(C)C)cc1. The summed E-state index contributed by atoms with van der Waals surface area (Å²) >= 11 is 0. The molecule has 0 atom stereocenters. The van der Waals surface area contributed by atoms with Gasteiger partial charge in [0.25, 0.3) is 11.8 Å². The molecule has 0 fully saturated rings. The van der Waals surface area contributed by atoms with E-state index in [4.69, 9.17) is 9.47 Å². The zero-order valence-electron chi connectivity index (χ0n) is 15.2.